The Balaban J connectivity index is 2.56. The van der Waals surface area contributed by atoms with Crippen LogP contribution in [-0.4, -0.2) is 56.7 Å². The van der Waals surface area contributed by atoms with Gasteiger partial charge in [-0.25, -0.2) is 0 Å². The molecule has 7 heteroatoms. The molecule has 0 aromatic heterocycles. The second-order valence-corrected chi connectivity index (χ2v) is 6.48. The van der Waals surface area contributed by atoms with E-state index in [9.17, 15) is 13.5 Å². The zero-order chi connectivity index (χ0) is 12.9. The van der Waals surface area contributed by atoms with Crippen molar-refractivity contribution in [1.82, 2.24) is 14.3 Å². The average Bonchev–Trinajstić information content (AvgIpc) is 2.28. The summed E-state index contributed by atoms with van der Waals surface area (Å²) in [7, 11) is -3.46. The molecule has 0 saturated carbocycles. The summed E-state index contributed by atoms with van der Waals surface area (Å²) < 4.78 is 28.0. The maximum atomic E-state index is 12.0. The minimum atomic E-state index is -3.46. The van der Waals surface area contributed by atoms with E-state index in [1.54, 1.807) is 0 Å². The largest absolute Gasteiger partial charge is 0.395 e. The minimum absolute atomic E-state index is 0.163. The van der Waals surface area contributed by atoms with Gasteiger partial charge in [0.2, 0.25) is 0 Å². The molecule has 0 aromatic rings. The van der Waals surface area contributed by atoms with Gasteiger partial charge in [-0.3, -0.25) is 0 Å². The molecular formula is C10H23N3O3S. The van der Waals surface area contributed by atoms with Crippen LogP contribution in [0.15, 0.2) is 0 Å². The lowest BCUT2D eigenvalue weighted by molar-refractivity contribution is 0.236. The molecule has 0 aliphatic carbocycles. The summed E-state index contributed by atoms with van der Waals surface area (Å²) in [5.74, 6) is 0.345. The lowest BCUT2D eigenvalue weighted by Crippen LogP contribution is -2.53. The van der Waals surface area contributed by atoms with Crippen molar-refractivity contribution in [2.24, 2.45) is 5.92 Å². The lowest BCUT2D eigenvalue weighted by atomic mass is 10.1. The van der Waals surface area contributed by atoms with E-state index in [2.05, 4.69) is 10.0 Å². The third-order valence-corrected chi connectivity index (χ3v) is 4.38. The summed E-state index contributed by atoms with van der Waals surface area (Å²) in [6.07, 6.45) is 0.641. The van der Waals surface area contributed by atoms with E-state index in [4.69, 9.17) is 0 Å². The van der Waals surface area contributed by atoms with Gasteiger partial charge in [0.25, 0.3) is 10.2 Å². The van der Waals surface area contributed by atoms with Gasteiger partial charge < -0.3 is 10.4 Å². The molecule has 1 atom stereocenters. The van der Waals surface area contributed by atoms with Gasteiger partial charge in [0.05, 0.1) is 6.61 Å². The van der Waals surface area contributed by atoms with Gasteiger partial charge >= 0.3 is 0 Å². The highest BCUT2D eigenvalue weighted by atomic mass is 32.2. The molecule has 1 saturated heterocycles. The first-order chi connectivity index (χ1) is 7.95. The maximum absolute atomic E-state index is 12.0. The third-order valence-electron chi connectivity index (χ3n) is 2.71. The summed E-state index contributed by atoms with van der Waals surface area (Å²) in [4.78, 5) is 0. The summed E-state index contributed by atoms with van der Waals surface area (Å²) in [6.45, 7) is 6.15. The van der Waals surface area contributed by atoms with Crippen molar-refractivity contribution in [1.29, 1.82) is 0 Å². The molecule has 0 bridgehead atoms. The molecule has 0 aromatic carbocycles. The standard InChI is InChI=1S/C10H23N3O3S/c1-9(2)7-10(8-14)12-17(15,16)13-5-3-11-4-6-13/h9-12,14H,3-8H2,1-2H3. The van der Waals surface area contributed by atoms with Crippen molar-refractivity contribution < 1.29 is 13.5 Å². The van der Waals surface area contributed by atoms with Crippen molar-refractivity contribution in [2.45, 2.75) is 26.3 Å². The quantitative estimate of drug-likeness (QED) is 0.583. The molecule has 1 fully saturated rings. The summed E-state index contributed by atoms with van der Waals surface area (Å²) in [5.41, 5.74) is 0. The van der Waals surface area contributed by atoms with Crippen LogP contribution < -0.4 is 10.0 Å². The Morgan fingerprint density at radius 3 is 2.41 bits per heavy atom. The monoisotopic (exact) mass is 265 g/mol. The fraction of sp³-hybridized carbons (Fsp3) is 1.00. The fourth-order valence-electron chi connectivity index (χ4n) is 1.90. The molecular weight excluding hydrogens is 242 g/mol. The summed E-state index contributed by atoms with van der Waals surface area (Å²) in [6, 6.07) is -0.394. The smallest absolute Gasteiger partial charge is 0.279 e. The third kappa shape index (κ3) is 4.89. The number of nitrogens with one attached hydrogen (secondary N) is 2. The summed E-state index contributed by atoms with van der Waals surface area (Å²) >= 11 is 0. The first-order valence-corrected chi connectivity index (χ1v) is 7.48. The van der Waals surface area contributed by atoms with Gasteiger partial charge in [-0.15, -0.1) is 0 Å². The van der Waals surface area contributed by atoms with E-state index in [-0.39, 0.29) is 6.61 Å². The first-order valence-electron chi connectivity index (χ1n) is 6.04. The average molecular weight is 265 g/mol. The van der Waals surface area contributed by atoms with Gasteiger partial charge in [0, 0.05) is 32.2 Å². The topological polar surface area (TPSA) is 81.7 Å². The van der Waals surface area contributed by atoms with E-state index in [0.29, 0.717) is 38.5 Å². The van der Waals surface area contributed by atoms with Crippen LogP contribution >= 0.6 is 0 Å². The van der Waals surface area contributed by atoms with Crippen molar-refractivity contribution >= 4 is 10.2 Å². The normalized spacial score (nSPS) is 20.7. The van der Waals surface area contributed by atoms with Crippen LogP contribution in [0.4, 0.5) is 0 Å². The highest BCUT2D eigenvalue weighted by Crippen LogP contribution is 2.08. The Bertz CT molecular complexity index is 313. The molecule has 1 unspecified atom stereocenters. The van der Waals surface area contributed by atoms with Crippen molar-refractivity contribution in [3.63, 3.8) is 0 Å². The van der Waals surface area contributed by atoms with E-state index >= 15 is 0 Å². The highest BCUT2D eigenvalue weighted by Gasteiger charge is 2.26. The number of aliphatic hydroxyl groups excluding tert-OH is 1. The van der Waals surface area contributed by atoms with Gasteiger partial charge in [-0.1, -0.05) is 13.8 Å². The number of hydrogen-bond acceptors (Lipinski definition) is 4. The van der Waals surface area contributed by atoms with Crippen LogP contribution in [0.1, 0.15) is 20.3 Å². The molecule has 0 radical (unpaired) electrons. The molecule has 1 heterocycles. The van der Waals surface area contributed by atoms with Crippen LogP contribution in [0, 0.1) is 5.92 Å². The van der Waals surface area contributed by atoms with Crippen molar-refractivity contribution in [3.05, 3.63) is 0 Å². The van der Waals surface area contributed by atoms with E-state index in [0.717, 1.165) is 0 Å². The van der Waals surface area contributed by atoms with E-state index in [1.165, 1.54) is 4.31 Å². The SMILES string of the molecule is CC(C)CC(CO)NS(=O)(=O)N1CCNCC1. The van der Waals surface area contributed by atoms with Crippen LogP contribution in [0.3, 0.4) is 0 Å². The van der Waals surface area contributed by atoms with Crippen molar-refractivity contribution in [2.75, 3.05) is 32.8 Å². The van der Waals surface area contributed by atoms with Gasteiger partial charge in [0.15, 0.2) is 0 Å². The van der Waals surface area contributed by atoms with E-state index in [1.807, 2.05) is 13.8 Å². The highest BCUT2D eigenvalue weighted by molar-refractivity contribution is 7.87. The zero-order valence-corrected chi connectivity index (χ0v) is 11.3. The molecule has 1 aliphatic rings. The predicted octanol–water partition coefficient (Wildman–Crippen LogP) is -0.867. The molecule has 6 nitrogen and oxygen atoms in total. The molecule has 0 spiro atoms. The minimum Gasteiger partial charge on any atom is -0.395 e. The Morgan fingerprint density at radius 2 is 1.94 bits per heavy atom. The number of aliphatic hydroxyl groups is 1. The molecule has 0 amide bonds. The second kappa shape index (κ2) is 6.65. The lowest BCUT2D eigenvalue weighted by Gasteiger charge is -2.29. The first kappa shape index (κ1) is 14.8. The number of piperazine rings is 1. The number of hydrogen-bond donors (Lipinski definition) is 3. The number of nitrogens with zero attached hydrogens (tertiary/aromatic N) is 1. The Morgan fingerprint density at radius 1 is 1.35 bits per heavy atom. The Labute approximate surface area is 104 Å². The molecule has 1 aliphatic heterocycles. The maximum Gasteiger partial charge on any atom is 0.279 e. The molecule has 102 valence electrons. The van der Waals surface area contributed by atoms with Gasteiger partial charge in [-0.05, 0) is 12.3 Å². The van der Waals surface area contributed by atoms with Crippen LogP contribution in [0.5, 0.6) is 0 Å². The molecule has 1 rings (SSSR count). The van der Waals surface area contributed by atoms with Crippen molar-refractivity contribution in [3.8, 4) is 0 Å². The van der Waals surface area contributed by atoms with Crippen LogP contribution in [0.25, 0.3) is 0 Å². The fourth-order valence-corrected chi connectivity index (χ4v) is 3.30. The van der Waals surface area contributed by atoms with Gasteiger partial charge in [0.1, 0.15) is 0 Å². The zero-order valence-electron chi connectivity index (χ0n) is 10.5. The van der Waals surface area contributed by atoms with Gasteiger partial charge in [-0.2, -0.15) is 17.4 Å². The Hall–Kier alpha value is -0.210. The van der Waals surface area contributed by atoms with Crippen LogP contribution in [-0.2, 0) is 10.2 Å². The second-order valence-electron chi connectivity index (χ2n) is 4.78. The molecule has 17 heavy (non-hydrogen) atoms. The summed E-state index contributed by atoms with van der Waals surface area (Å²) in [5, 5.41) is 12.3. The molecule has 3 N–H and O–H groups in total. The van der Waals surface area contributed by atoms with Crippen LogP contribution in [0.2, 0.25) is 0 Å². The predicted molar refractivity (Wildman–Crippen MR) is 66.8 cm³/mol. The number of rotatable bonds is 6. The Kier molecular flexibility index (Phi) is 5.81. The van der Waals surface area contributed by atoms with E-state index < -0.39 is 16.3 Å².